The van der Waals surface area contributed by atoms with Crippen LogP contribution in [0.5, 0.6) is 0 Å². The van der Waals surface area contributed by atoms with Gasteiger partial charge in [-0.15, -0.1) is 11.3 Å². The molecule has 96 valence electrons. The van der Waals surface area contributed by atoms with Gasteiger partial charge in [-0.05, 0) is 40.9 Å². The van der Waals surface area contributed by atoms with Crippen molar-refractivity contribution in [2.45, 2.75) is 12.5 Å². The molecule has 0 spiro atoms. The average molecular weight is 267 g/mol. The second-order valence-electron chi connectivity index (χ2n) is 4.73. The Kier molecular flexibility index (Phi) is 3.62. The predicted octanol–water partition coefficient (Wildman–Crippen LogP) is 4.40. The Bertz CT molecular complexity index is 658. The molecule has 0 amide bonds. The van der Waals surface area contributed by atoms with E-state index >= 15 is 0 Å². The Balaban J connectivity index is 1.92. The first-order valence-corrected chi connectivity index (χ1v) is 7.43. The van der Waals surface area contributed by atoms with Gasteiger partial charge in [-0.3, -0.25) is 0 Å². The highest BCUT2D eigenvalue weighted by molar-refractivity contribution is 7.09. The summed E-state index contributed by atoms with van der Waals surface area (Å²) in [5.74, 6) is 0. The van der Waals surface area contributed by atoms with Crippen molar-refractivity contribution in [3.05, 3.63) is 70.4 Å². The van der Waals surface area contributed by atoms with E-state index in [0.717, 1.165) is 6.42 Å². The maximum absolute atomic E-state index is 3.43. The summed E-state index contributed by atoms with van der Waals surface area (Å²) in [5, 5.41) is 8.18. The summed E-state index contributed by atoms with van der Waals surface area (Å²) in [6.45, 7) is 0. The molecule has 1 unspecified atom stereocenters. The second-order valence-corrected chi connectivity index (χ2v) is 5.76. The molecule has 1 aromatic heterocycles. The maximum atomic E-state index is 3.43. The highest BCUT2D eigenvalue weighted by Crippen LogP contribution is 2.24. The molecule has 1 heterocycles. The van der Waals surface area contributed by atoms with Crippen molar-refractivity contribution in [2.75, 3.05) is 7.05 Å². The standard InChI is InChI=1S/C17H17NS/c1-18-17(12-16-7-4-10-19-16)15-9-8-13-5-2-3-6-14(13)11-15/h2-11,17-18H,12H2,1H3. The van der Waals surface area contributed by atoms with E-state index in [1.165, 1.54) is 21.2 Å². The van der Waals surface area contributed by atoms with Gasteiger partial charge in [0.15, 0.2) is 0 Å². The molecule has 1 atom stereocenters. The number of hydrogen-bond acceptors (Lipinski definition) is 2. The van der Waals surface area contributed by atoms with Crippen molar-refractivity contribution < 1.29 is 0 Å². The smallest absolute Gasteiger partial charge is 0.0366 e. The molecule has 3 aromatic rings. The van der Waals surface area contributed by atoms with Gasteiger partial charge in [0.05, 0.1) is 0 Å². The molecule has 1 nitrogen and oxygen atoms in total. The zero-order chi connectivity index (χ0) is 13.1. The van der Waals surface area contributed by atoms with Gasteiger partial charge in [0.1, 0.15) is 0 Å². The van der Waals surface area contributed by atoms with Crippen LogP contribution < -0.4 is 5.32 Å². The molecular formula is C17H17NS. The van der Waals surface area contributed by atoms with Gasteiger partial charge < -0.3 is 5.32 Å². The summed E-state index contributed by atoms with van der Waals surface area (Å²) >= 11 is 1.82. The lowest BCUT2D eigenvalue weighted by Crippen LogP contribution is -2.18. The van der Waals surface area contributed by atoms with Gasteiger partial charge in [0.25, 0.3) is 0 Å². The van der Waals surface area contributed by atoms with Crippen LogP contribution in [0.2, 0.25) is 0 Å². The van der Waals surface area contributed by atoms with Crippen LogP contribution in [0.4, 0.5) is 0 Å². The highest BCUT2D eigenvalue weighted by Gasteiger charge is 2.11. The summed E-state index contributed by atoms with van der Waals surface area (Å²) in [5.41, 5.74) is 1.36. The molecular weight excluding hydrogens is 250 g/mol. The highest BCUT2D eigenvalue weighted by atomic mass is 32.1. The summed E-state index contributed by atoms with van der Waals surface area (Å²) < 4.78 is 0. The minimum Gasteiger partial charge on any atom is -0.313 e. The van der Waals surface area contributed by atoms with E-state index < -0.39 is 0 Å². The Labute approximate surface area is 117 Å². The predicted molar refractivity (Wildman–Crippen MR) is 83.8 cm³/mol. The summed E-state index contributed by atoms with van der Waals surface area (Å²) in [4.78, 5) is 1.42. The molecule has 2 heteroatoms. The molecule has 0 saturated heterocycles. The fourth-order valence-electron chi connectivity index (χ4n) is 2.44. The van der Waals surface area contributed by atoms with Crippen LogP contribution in [0.3, 0.4) is 0 Å². The lowest BCUT2D eigenvalue weighted by molar-refractivity contribution is 0.597. The van der Waals surface area contributed by atoms with Gasteiger partial charge in [-0.2, -0.15) is 0 Å². The third-order valence-corrected chi connectivity index (χ3v) is 4.41. The monoisotopic (exact) mass is 267 g/mol. The first-order chi connectivity index (χ1) is 9.36. The molecule has 0 radical (unpaired) electrons. The topological polar surface area (TPSA) is 12.0 Å². The fraction of sp³-hybridized carbons (Fsp3) is 0.176. The molecule has 0 saturated carbocycles. The second kappa shape index (κ2) is 5.55. The van der Waals surface area contributed by atoms with E-state index in [-0.39, 0.29) is 0 Å². The molecule has 0 fully saturated rings. The van der Waals surface area contributed by atoms with Crippen LogP contribution in [0, 0.1) is 0 Å². The van der Waals surface area contributed by atoms with Crippen LogP contribution in [-0.4, -0.2) is 7.05 Å². The molecule has 19 heavy (non-hydrogen) atoms. The molecule has 0 aliphatic rings. The Morgan fingerprint density at radius 2 is 1.84 bits per heavy atom. The first-order valence-electron chi connectivity index (χ1n) is 6.55. The van der Waals surface area contributed by atoms with Gasteiger partial charge >= 0.3 is 0 Å². The summed E-state index contributed by atoms with van der Waals surface area (Å²) in [7, 11) is 2.04. The van der Waals surface area contributed by atoms with E-state index in [2.05, 4.69) is 65.3 Å². The maximum Gasteiger partial charge on any atom is 0.0366 e. The van der Waals surface area contributed by atoms with Crippen LogP contribution in [0.1, 0.15) is 16.5 Å². The molecule has 3 rings (SSSR count). The van der Waals surface area contributed by atoms with Crippen LogP contribution in [0.25, 0.3) is 10.8 Å². The van der Waals surface area contributed by atoms with Crippen molar-refractivity contribution in [2.24, 2.45) is 0 Å². The number of fused-ring (bicyclic) bond motifs is 1. The van der Waals surface area contributed by atoms with Gasteiger partial charge in [0, 0.05) is 17.3 Å². The van der Waals surface area contributed by atoms with Crippen LogP contribution in [-0.2, 0) is 6.42 Å². The number of thiophene rings is 1. The Hall–Kier alpha value is -1.64. The van der Waals surface area contributed by atoms with E-state index in [0.29, 0.717) is 6.04 Å². The summed E-state index contributed by atoms with van der Waals surface area (Å²) in [6, 6.07) is 20.0. The SMILES string of the molecule is CNC(Cc1cccs1)c1ccc2ccccc2c1. The molecule has 2 aromatic carbocycles. The Morgan fingerprint density at radius 1 is 1.00 bits per heavy atom. The van der Waals surface area contributed by atoms with Crippen molar-refractivity contribution in [1.29, 1.82) is 0 Å². The van der Waals surface area contributed by atoms with E-state index in [1.807, 2.05) is 18.4 Å². The minimum atomic E-state index is 0.378. The van der Waals surface area contributed by atoms with Crippen molar-refractivity contribution in [3.8, 4) is 0 Å². The molecule has 1 N–H and O–H groups in total. The third-order valence-electron chi connectivity index (χ3n) is 3.51. The minimum absolute atomic E-state index is 0.378. The number of nitrogens with one attached hydrogen (secondary N) is 1. The van der Waals surface area contributed by atoms with Crippen molar-refractivity contribution in [3.63, 3.8) is 0 Å². The zero-order valence-corrected chi connectivity index (χ0v) is 11.8. The Morgan fingerprint density at radius 3 is 2.58 bits per heavy atom. The van der Waals surface area contributed by atoms with Crippen molar-refractivity contribution in [1.82, 2.24) is 5.32 Å². The number of rotatable bonds is 4. The van der Waals surface area contributed by atoms with Gasteiger partial charge in [-0.25, -0.2) is 0 Å². The normalized spacial score (nSPS) is 12.7. The van der Waals surface area contributed by atoms with E-state index in [1.54, 1.807) is 0 Å². The lowest BCUT2D eigenvalue weighted by atomic mass is 9.99. The summed E-state index contributed by atoms with van der Waals surface area (Å²) in [6.07, 6.45) is 1.05. The largest absolute Gasteiger partial charge is 0.313 e. The number of likely N-dealkylation sites (N-methyl/N-ethyl adjacent to an activating group) is 1. The third kappa shape index (κ3) is 2.70. The first kappa shape index (κ1) is 12.4. The van der Waals surface area contributed by atoms with Gasteiger partial charge in [0.2, 0.25) is 0 Å². The van der Waals surface area contributed by atoms with Crippen molar-refractivity contribution >= 4 is 22.1 Å². The number of benzene rings is 2. The van der Waals surface area contributed by atoms with E-state index in [9.17, 15) is 0 Å². The molecule has 0 aliphatic carbocycles. The average Bonchev–Trinajstić information content (AvgIpc) is 2.97. The van der Waals surface area contributed by atoms with Crippen LogP contribution in [0.15, 0.2) is 60.0 Å². The quantitative estimate of drug-likeness (QED) is 0.738. The fourth-order valence-corrected chi connectivity index (χ4v) is 3.19. The van der Waals surface area contributed by atoms with Gasteiger partial charge in [-0.1, -0.05) is 42.5 Å². The number of hydrogen-bond donors (Lipinski definition) is 1. The zero-order valence-electron chi connectivity index (χ0n) is 11.0. The molecule has 0 aliphatic heterocycles. The van der Waals surface area contributed by atoms with Crippen LogP contribution >= 0.6 is 11.3 Å². The van der Waals surface area contributed by atoms with E-state index in [4.69, 9.17) is 0 Å². The lowest BCUT2D eigenvalue weighted by Gasteiger charge is -2.16. The molecule has 0 bridgehead atoms.